The van der Waals surface area contributed by atoms with Gasteiger partial charge >= 0.3 is 0 Å². The molecule has 0 aliphatic rings. The number of nitro groups is 1. The molecule has 1 aromatic carbocycles. The molecule has 0 aromatic heterocycles. The van der Waals surface area contributed by atoms with Gasteiger partial charge in [-0.15, -0.1) is 0 Å². The molecule has 0 bridgehead atoms. The second kappa shape index (κ2) is 7.46. The van der Waals surface area contributed by atoms with Gasteiger partial charge in [-0.3, -0.25) is 15.4 Å². The molecule has 1 unspecified atom stereocenters. The Morgan fingerprint density at radius 3 is 2.48 bits per heavy atom. The van der Waals surface area contributed by atoms with Crippen molar-refractivity contribution in [1.29, 1.82) is 5.26 Å². The van der Waals surface area contributed by atoms with E-state index < -0.39 is 10.5 Å². The Balaban J connectivity index is 2.89. The van der Waals surface area contributed by atoms with Gasteiger partial charge in [0.2, 0.25) is 0 Å². The van der Waals surface area contributed by atoms with Crippen LogP contribution < -0.4 is 10.1 Å². The van der Waals surface area contributed by atoms with Crippen molar-refractivity contribution in [3.8, 4) is 11.8 Å². The SMILES string of the molecule is CCCNC(C)(C#N)COc1c(Cl)cc([N+](=O)[O-])cc1Cl. The first-order chi connectivity index (χ1) is 9.83. The third-order valence-electron chi connectivity index (χ3n) is 2.71. The van der Waals surface area contributed by atoms with E-state index in [-0.39, 0.29) is 28.1 Å². The fraction of sp³-hybridized carbons (Fsp3) is 0.462. The van der Waals surface area contributed by atoms with Crippen molar-refractivity contribution in [3.63, 3.8) is 0 Å². The van der Waals surface area contributed by atoms with E-state index in [1.807, 2.05) is 6.92 Å². The Labute approximate surface area is 132 Å². The van der Waals surface area contributed by atoms with Crippen LogP contribution in [0.1, 0.15) is 20.3 Å². The molecule has 8 heteroatoms. The first kappa shape index (κ1) is 17.5. The Bertz CT molecular complexity index is 551. The fourth-order valence-electron chi connectivity index (χ4n) is 1.53. The number of hydrogen-bond acceptors (Lipinski definition) is 5. The highest BCUT2D eigenvalue weighted by Crippen LogP contribution is 2.37. The summed E-state index contributed by atoms with van der Waals surface area (Å²) in [4.78, 5) is 10.1. The first-order valence-corrected chi connectivity index (χ1v) is 7.01. The second-order valence-electron chi connectivity index (χ2n) is 4.66. The van der Waals surface area contributed by atoms with E-state index in [1.54, 1.807) is 6.92 Å². The van der Waals surface area contributed by atoms with Crippen molar-refractivity contribution in [2.45, 2.75) is 25.8 Å². The third-order valence-corrected chi connectivity index (χ3v) is 3.27. The number of non-ortho nitro benzene ring substituents is 1. The highest BCUT2D eigenvalue weighted by atomic mass is 35.5. The molecule has 21 heavy (non-hydrogen) atoms. The van der Waals surface area contributed by atoms with Crippen molar-refractivity contribution < 1.29 is 9.66 Å². The number of halogens is 2. The fourth-order valence-corrected chi connectivity index (χ4v) is 2.11. The minimum Gasteiger partial charge on any atom is -0.487 e. The zero-order valence-electron chi connectivity index (χ0n) is 11.7. The molecule has 114 valence electrons. The number of nitrogens with zero attached hydrogens (tertiary/aromatic N) is 2. The van der Waals surface area contributed by atoms with E-state index >= 15 is 0 Å². The molecule has 0 saturated carbocycles. The summed E-state index contributed by atoms with van der Waals surface area (Å²) in [5.41, 5.74) is -1.12. The summed E-state index contributed by atoms with van der Waals surface area (Å²) in [5, 5.41) is 23.0. The summed E-state index contributed by atoms with van der Waals surface area (Å²) < 4.78 is 5.48. The zero-order chi connectivity index (χ0) is 16.0. The Hall–Kier alpha value is -1.55. The van der Waals surface area contributed by atoms with Crippen LogP contribution in [0.3, 0.4) is 0 Å². The predicted octanol–water partition coefficient (Wildman–Crippen LogP) is 3.56. The molecule has 0 spiro atoms. The van der Waals surface area contributed by atoms with Crippen molar-refractivity contribution >= 4 is 28.9 Å². The van der Waals surface area contributed by atoms with Crippen LogP contribution >= 0.6 is 23.2 Å². The maximum Gasteiger partial charge on any atom is 0.272 e. The number of nitrogens with one attached hydrogen (secondary N) is 1. The third kappa shape index (κ3) is 4.74. The lowest BCUT2D eigenvalue weighted by atomic mass is 10.1. The molecule has 0 heterocycles. The molecule has 1 N–H and O–H groups in total. The second-order valence-corrected chi connectivity index (χ2v) is 5.47. The van der Waals surface area contributed by atoms with Gasteiger partial charge in [0.15, 0.2) is 5.75 Å². The number of nitriles is 1. The van der Waals surface area contributed by atoms with Crippen LogP contribution in [0.15, 0.2) is 12.1 Å². The highest BCUT2D eigenvalue weighted by Gasteiger charge is 2.25. The molecule has 1 rings (SSSR count). The van der Waals surface area contributed by atoms with E-state index in [1.165, 1.54) is 0 Å². The van der Waals surface area contributed by atoms with E-state index in [9.17, 15) is 15.4 Å². The molecule has 0 aliphatic carbocycles. The molecule has 0 fully saturated rings. The monoisotopic (exact) mass is 331 g/mol. The highest BCUT2D eigenvalue weighted by molar-refractivity contribution is 6.37. The molecular weight excluding hydrogens is 317 g/mol. The summed E-state index contributed by atoms with van der Waals surface area (Å²) in [7, 11) is 0. The molecule has 0 amide bonds. The van der Waals surface area contributed by atoms with Crippen LogP contribution in [0.25, 0.3) is 0 Å². The average Bonchev–Trinajstić information content (AvgIpc) is 2.44. The minimum atomic E-state index is -0.898. The average molecular weight is 332 g/mol. The van der Waals surface area contributed by atoms with Crippen LogP contribution in [-0.4, -0.2) is 23.6 Å². The van der Waals surface area contributed by atoms with E-state index in [4.69, 9.17) is 27.9 Å². The van der Waals surface area contributed by atoms with Crippen LogP contribution in [0.2, 0.25) is 10.0 Å². The largest absolute Gasteiger partial charge is 0.487 e. The molecule has 0 saturated heterocycles. The van der Waals surface area contributed by atoms with Crippen LogP contribution in [-0.2, 0) is 0 Å². The zero-order valence-corrected chi connectivity index (χ0v) is 13.2. The van der Waals surface area contributed by atoms with Crippen LogP contribution in [0.4, 0.5) is 5.69 Å². The van der Waals surface area contributed by atoms with Gasteiger partial charge in [0.05, 0.1) is 21.0 Å². The van der Waals surface area contributed by atoms with Crippen LogP contribution in [0, 0.1) is 21.4 Å². The minimum absolute atomic E-state index is 0.0146. The summed E-state index contributed by atoms with van der Waals surface area (Å²) in [6, 6.07) is 4.44. The Morgan fingerprint density at radius 2 is 2.05 bits per heavy atom. The molecule has 0 aliphatic heterocycles. The number of benzene rings is 1. The lowest BCUT2D eigenvalue weighted by molar-refractivity contribution is -0.384. The van der Waals surface area contributed by atoms with Crippen LogP contribution in [0.5, 0.6) is 5.75 Å². The van der Waals surface area contributed by atoms with Gasteiger partial charge in [-0.25, -0.2) is 0 Å². The number of ether oxygens (including phenoxy) is 1. The summed E-state index contributed by atoms with van der Waals surface area (Å²) in [5.74, 6) is 0.128. The summed E-state index contributed by atoms with van der Waals surface area (Å²) in [6.45, 7) is 4.35. The Kier molecular flexibility index (Phi) is 6.21. The standard InChI is InChI=1S/C13H15Cl2N3O3/c1-3-4-17-13(2,7-16)8-21-12-10(14)5-9(18(19)20)6-11(12)15/h5-6,17H,3-4,8H2,1-2H3. The lowest BCUT2D eigenvalue weighted by Crippen LogP contribution is -2.46. The number of rotatable bonds is 7. The first-order valence-electron chi connectivity index (χ1n) is 6.25. The van der Waals surface area contributed by atoms with Gasteiger partial charge in [0.1, 0.15) is 12.1 Å². The van der Waals surface area contributed by atoms with E-state index in [2.05, 4.69) is 11.4 Å². The molecule has 1 aromatic rings. The summed E-state index contributed by atoms with van der Waals surface area (Å²) in [6.07, 6.45) is 0.871. The topological polar surface area (TPSA) is 88.2 Å². The van der Waals surface area contributed by atoms with Crippen molar-refractivity contribution in [1.82, 2.24) is 5.32 Å². The molecular formula is C13H15Cl2N3O3. The maximum atomic E-state index is 10.7. The number of hydrogen-bond donors (Lipinski definition) is 1. The van der Waals surface area contributed by atoms with Gasteiger partial charge in [-0.05, 0) is 19.9 Å². The van der Waals surface area contributed by atoms with Crippen molar-refractivity contribution in [2.24, 2.45) is 0 Å². The van der Waals surface area contributed by atoms with Gasteiger partial charge in [0, 0.05) is 12.1 Å². The van der Waals surface area contributed by atoms with Gasteiger partial charge < -0.3 is 4.74 Å². The van der Waals surface area contributed by atoms with Crippen molar-refractivity contribution in [2.75, 3.05) is 13.2 Å². The molecule has 0 radical (unpaired) electrons. The molecule has 1 atom stereocenters. The van der Waals surface area contributed by atoms with Gasteiger partial charge in [-0.2, -0.15) is 5.26 Å². The lowest BCUT2D eigenvalue weighted by Gasteiger charge is -2.23. The molecule has 6 nitrogen and oxygen atoms in total. The predicted molar refractivity (Wildman–Crippen MR) is 80.9 cm³/mol. The normalized spacial score (nSPS) is 13.3. The van der Waals surface area contributed by atoms with Gasteiger partial charge in [0.25, 0.3) is 5.69 Å². The smallest absolute Gasteiger partial charge is 0.272 e. The van der Waals surface area contributed by atoms with E-state index in [0.717, 1.165) is 18.6 Å². The van der Waals surface area contributed by atoms with E-state index in [0.29, 0.717) is 6.54 Å². The van der Waals surface area contributed by atoms with Gasteiger partial charge in [-0.1, -0.05) is 30.1 Å². The van der Waals surface area contributed by atoms with Crippen molar-refractivity contribution in [3.05, 3.63) is 32.3 Å². The number of nitro benzene ring substituents is 1. The Morgan fingerprint density at radius 1 is 1.48 bits per heavy atom. The quantitative estimate of drug-likeness (QED) is 0.609. The summed E-state index contributed by atoms with van der Waals surface area (Å²) >= 11 is 11.9. The maximum absolute atomic E-state index is 10.7.